The van der Waals surface area contributed by atoms with Gasteiger partial charge >= 0.3 is 0 Å². The molecule has 16 heavy (non-hydrogen) atoms. The number of hydrogen-bond donors (Lipinski definition) is 2. The Morgan fingerprint density at radius 2 is 2.31 bits per heavy atom. The normalized spacial score (nSPS) is 10.3. The fourth-order valence-corrected chi connectivity index (χ4v) is 1.27. The van der Waals surface area contributed by atoms with E-state index in [2.05, 4.69) is 25.4 Å². The molecule has 84 valence electrons. The van der Waals surface area contributed by atoms with Crippen molar-refractivity contribution < 1.29 is 0 Å². The largest absolute Gasteiger partial charge is 0.369 e. The molecule has 2 rings (SSSR count). The minimum Gasteiger partial charge on any atom is -0.369 e. The predicted molar refractivity (Wildman–Crippen MR) is 59.6 cm³/mol. The van der Waals surface area contributed by atoms with Crippen molar-refractivity contribution in [3.05, 3.63) is 24.4 Å². The maximum atomic E-state index is 5.45. The topological polar surface area (TPSA) is 94.5 Å². The van der Waals surface area contributed by atoms with Crippen LogP contribution in [0.1, 0.15) is 5.82 Å². The molecule has 0 aliphatic heterocycles. The Hall–Kier alpha value is -2.18. The number of nitrogens with two attached hydrogens (primary N) is 1. The number of nitrogens with one attached hydrogen (secondary N) is 1. The van der Waals surface area contributed by atoms with Gasteiger partial charge in [0.05, 0.1) is 0 Å². The molecular formula is C9H13N7. The van der Waals surface area contributed by atoms with Crippen LogP contribution < -0.4 is 11.1 Å². The molecule has 0 unspecified atom stereocenters. The summed E-state index contributed by atoms with van der Waals surface area (Å²) in [7, 11) is 1.84. The van der Waals surface area contributed by atoms with Crippen molar-refractivity contribution in [2.75, 3.05) is 17.6 Å². The minimum atomic E-state index is 0.265. The lowest BCUT2D eigenvalue weighted by molar-refractivity contribution is 0.742. The second-order valence-electron chi connectivity index (χ2n) is 3.31. The second-order valence-corrected chi connectivity index (χ2v) is 3.31. The first kappa shape index (κ1) is 10.3. The molecule has 0 radical (unpaired) electrons. The third-order valence-electron chi connectivity index (χ3n) is 1.98. The molecular weight excluding hydrogens is 206 g/mol. The number of nitrogens with zero attached hydrogens (tertiary/aromatic N) is 5. The molecule has 2 heterocycles. The van der Waals surface area contributed by atoms with Gasteiger partial charge in [-0.2, -0.15) is 10.1 Å². The molecule has 0 atom stereocenters. The fraction of sp³-hybridized carbons (Fsp3) is 0.333. The highest BCUT2D eigenvalue weighted by molar-refractivity contribution is 5.37. The van der Waals surface area contributed by atoms with Gasteiger partial charge in [-0.1, -0.05) is 0 Å². The average molecular weight is 219 g/mol. The number of anilines is 2. The van der Waals surface area contributed by atoms with E-state index in [1.807, 2.05) is 7.05 Å². The van der Waals surface area contributed by atoms with Crippen LogP contribution in [0.2, 0.25) is 0 Å². The molecule has 3 N–H and O–H groups in total. The summed E-state index contributed by atoms with van der Waals surface area (Å²) in [5.74, 6) is 1.78. The number of aryl methyl sites for hydroxylation is 1. The molecule has 0 amide bonds. The Balaban J connectivity index is 1.84. The summed E-state index contributed by atoms with van der Waals surface area (Å²) in [5, 5.41) is 7.29. The number of aromatic nitrogens is 5. The third-order valence-corrected chi connectivity index (χ3v) is 1.98. The van der Waals surface area contributed by atoms with E-state index in [9.17, 15) is 0 Å². The van der Waals surface area contributed by atoms with Gasteiger partial charge < -0.3 is 11.1 Å². The summed E-state index contributed by atoms with van der Waals surface area (Å²) >= 11 is 0. The summed E-state index contributed by atoms with van der Waals surface area (Å²) in [6.45, 7) is 0.709. The molecule has 7 nitrogen and oxygen atoms in total. The summed E-state index contributed by atoms with van der Waals surface area (Å²) in [6.07, 6.45) is 4.03. The molecule has 0 fully saturated rings. The second kappa shape index (κ2) is 4.56. The molecule has 0 saturated heterocycles. The standard InChI is InChI=1S/C9H13N7/c1-16-6-13-8(15-16)3-4-11-7-2-5-12-9(10)14-7/h2,5-6H,3-4H2,1H3,(H3,10,11,12,14). The first-order valence-electron chi connectivity index (χ1n) is 4.91. The summed E-state index contributed by atoms with van der Waals surface area (Å²) in [5.41, 5.74) is 5.45. The van der Waals surface area contributed by atoms with Gasteiger partial charge in [-0.3, -0.25) is 4.68 Å². The summed E-state index contributed by atoms with van der Waals surface area (Å²) in [4.78, 5) is 11.9. The zero-order chi connectivity index (χ0) is 11.4. The fourth-order valence-electron chi connectivity index (χ4n) is 1.27. The molecule has 0 aliphatic rings. The average Bonchev–Trinajstić information content (AvgIpc) is 2.64. The van der Waals surface area contributed by atoms with Crippen LogP contribution in [0, 0.1) is 0 Å². The highest BCUT2D eigenvalue weighted by atomic mass is 15.3. The lowest BCUT2D eigenvalue weighted by atomic mass is 10.4. The van der Waals surface area contributed by atoms with E-state index < -0.39 is 0 Å². The van der Waals surface area contributed by atoms with Gasteiger partial charge in [0.2, 0.25) is 5.95 Å². The minimum absolute atomic E-state index is 0.265. The van der Waals surface area contributed by atoms with Gasteiger partial charge in [0.15, 0.2) is 5.82 Å². The van der Waals surface area contributed by atoms with Gasteiger partial charge in [0, 0.05) is 26.2 Å². The number of nitrogen functional groups attached to an aromatic ring is 1. The molecule has 2 aromatic heterocycles. The Labute approximate surface area is 92.7 Å². The highest BCUT2D eigenvalue weighted by Gasteiger charge is 1.99. The number of rotatable bonds is 4. The van der Waals surface area contributed by atoms with Crippen LogP contribution in [0.25, 0.3) is 0 Å². The van der Waals surface area contributed by atoms with Crippen LogP contribution in [0.4, 0.5) is 11.8 Å². The van der Waals surface area contributed by atoms with Crippen molar-refractivity contribution in [2.24, 2.45) is 7.05 Å². The predicted octanol–water partition coefficient (Wildman–Crippen LogP) is -0.158. The van der Waals surface area contributed by atoms with Crippen molar-refractivity contribution >= 4 is 11.8 Å². The van der Waals surface area contributed by atoms with Crippen molar-refractivity contribution in [1.29, 1.82) is 0 Å². The Kier molecular flexibility index (Phi) is 2.95. The zero-order valence-electron chi connectivity index (χ0n) is 8.96. The smallest absolute Gasteiger partial charge is 0.221 e. The van der Waals surface area contributed by atoms with Crippen LogP contribution in [-0.4, -0.2) is 31.3 Å². The summed E-state index contributed by atoms with van der Waals surface area (Å²) in [6, 6.07) is 1.77. The zero-order valence-corrected chi connectivity index (χ0v) is 8.96. The molecule has 0 aromatic carbocycles. The van der Waals surface area contributed by atoms with E-state index in [1.54, 1.807) is 23.3 Å². The molecule has 0 bridgehead atoms. The van der Waals surface area contributed by atoms with E-state index in [4.69, 9.17) is 5.73 Å². The lowest BCUT2D eigenvalue weighted by Crippen LogP contribution is -2.08. The van der Waals surface area contributed by atoms with E-state index in [1.165, 1.54) is 0 Å². The van der Waals surface area contributed by atoms with Crippen LogP contribution in [0.5, 0.6) is 0 Å². The summed E-state index contributed by atoms with van der Waals surface area (Å²) < 4.78 is 1.68. The van der Waals surface area contributed by atoms with E-state index in [-0.39, 0.29) is 5.95 Å². The first-order valence-corrected chi connectivity index (χ1v) is 4.91. The molecule has 0 aliphatic carbocycles. The maximum Gasteiger partial charge on any atom is 0.221 e. The van der Waals surface area contributed by atoms with Crippen LogP contribution in [0.3, 0.4) is 0 Å². The Morgan fingerprint density at radius 3 is 3.00 bits per heavy atom. The van der Waals surface area contributed by atoms with Gasteiger partial charge in [-0.05, 0) is 6.07 Å². The van der Waals surface area contributed by atoms with E-state index in [0.717, 1.165) is 12.2 Å². The molecule has 7 heteroatoms. The maximum absolute atomic E-state index is 5.45. The Bertz CT molecular complexity index is 464. The van der Waals surface area contributed by atoms with Crippen molar-refractivity contribution in [3.63, 3.8) is 0 Å². The van der Waals surface area contributed by atoms with Gasteiger partial charge in [-0.25, -0.2) is 9.97 Å². The van der Waals surface area contributed by atoms with Crippen LogP contribution >= 0.6 is 0 Å². The molecule has 2 aromatic rings. The van der Waals surface area contributed by atoms with Crippen molar-refractivity contribution in [1.82, 2.24) is 24.7 Å². The lowest BCUT2D eigenvalue weighted by Gasteiger charge is -2.03. The molecule has 0 saturated carbocycles. The van der Waals surface area contributed by atoms with Crippen molar-refractivity contribution in [3.8, 4) is 0 Å². The van der Waals surface area contributed by atoms with Crippen LogP contribution in [-0.2, 0) is 13.5 Å². The van der Waals surface area contributed by atoms with Gasteiger partial charge in [0.25, 0.3) is 0 Å². The van der Waals surface area contributed by atoms with E-state index >= 15 is 0 Å². The highest BCUT2D eigenvalue weighted by Crippen LogP contribution is 2.02. The quantitative estimate of drug-likeness (QED) is 0.742. The monoisotopic (exact) mass is 219 g/mol. The molecule has 0 spiro atoms. The first-order chi connectivity index (χ1) is 7.74. The van der Waals surface area contributed by atoms with Gasteiger partial charge in [0.1, 0.15) is 12.1 Å². The van der Waals surface area contributed by atoms with Gasteiger partial charge in [-0.15, -0.1) is 0 Å². The van der Waals surface area contributed by atoms with E-state index in [0.29, 0.717) is 12.4 Å². The number of hydrogen-bond acceptors (Lipinski definition) is 6. The van der Waals surface area contributed by atoms with Crippen molar-refractivity contribution in [2.45, 2.75) is 6.42 Å². The van der Waals surface area contributed by atoms with Crippen LogP contribution in [0.15, 0.2) is 18.6 Å². The Morgan fingerprint density at radius 1 is 1.44 bits per heavy atom. The third kappa shape index (κ3) is 2.66. The SMILES string of the molecule is Cn1cnc(CCNc2ccnc(N)n2)n1.